The van der Waals surface area contributed by atoms with Crippen LogP contribution in [0.4, 0.5) is 13.2 Å². The topological polar surface area (TPSA) is 56.0 Å². The van der Waals surface area contributed by atoms with E-state index in [-0.39, 0.29) is 12.3 Å². The van der Waals surface area contributed by atoms with E-state index in [1.165, 1.54) is 23.5 Å². The first-order chi connectivity index (χ1) is 9.84. The third kappa shape index (κ3) is 4.56. The Morgan fingerprint density at radius 1 is 1.24 bits per heavy atom. The molecule has 0 saturated heterocycles. The summed E-state index contributed by atoms with van der Waals surface area (Å²) in [4.78, 5) is 15.8. The van der Waals surface area contributed by atoms with E-state index in [1.807, 2.05) is 0 Å². The van der Waals surface area contributed by atoms with Gasteiger partial charge in [-0.3, -0.25) is 4.79 Å². The van der Waals surface area contributed by atoms with Crippen molar-refractivity contribution in [3.8, 4) is 0 Å². The van der Waals surface area contributed by atoms with Crippen LogP contribution in [0.1, 0.15) is 27.4 Å². The lowest BCUT2D eigenvalue weighted by Gasteiger charge is -2.06. The van der Waals surface area contributed by atoms with E-state index in [0.29, 0.717) is 12.8 Å². The third-order valence-electron chi connectivity index (χ3n) is 2.85. The van der Waals surface area contributed by atoms with E-state index in [1.54, 1.807) is 6.20 Å². The minimum atomic E-state index is -4.31. The van der Waals surface area contributed by atoms with Crippen molar-refractivity contribution in [1.29, 1.82) is 0 Å². The van der Waals surface area contributed by atoms with E-state index in [4.69, 9.17) is 5.73 Å². The molecule has 112 valence electrons. The molecule has 3 nitrogen and oxygen atoms in total. The first-order valence-corrected chi connectivity index (χ1v) is 7.04. The number of hydrogen-bond acceptors (Lipinski definition) is 3. The van der Waals surface area contributed by atoms with Gasteiger partial charge in [0.05, 0.1) is 10.6 Å². The van der Waals surface area contributed by atoms with Crippen LogP contribution in [0.3, 0.4) is 0 Å². The number of benzene rings is 1. The largest absolute Gasteiger partial charge is 0.416 e. The van der Waals surface area contributed by atoms with Gasteiger partial charge < -0.3 is 5.73 Å². The van der Waals surface area contributed by atoms with Crippen LogP contribution < -0.4 is 5.73 Å². The normalized spacial score (nSPS) is 11.6. The Kier molecular flexibility index (Phi) is 4.62. The number of nitrogens with two attached hydrogens (primary N) is 1. The second-order valence-corrected chi connectivity index (χ2v) is 5.76. The Morgan fingerprint density at radius 3 is 2.48 bits per heavy atom. The summed E-state index contributed by atoms with van der Waals surface area (Å²) in [5.74, 6) is -0.380. The van der Waals surface area contributed by atoms with Gasteiger partial charge in [-0.15, -0.1) is 11.3 Å². The maximum Gasteiger partial charge on any atom is 0.416 e. The number of aryl methyl sites for hydroxylation is 1. The molecule has 1 heterocycles. The van der Waals surface area contributed by atoms with Crippen molar-refractivity contribution in [2.24, 2.45) is 5.73 Å². The predicted molar refractivity (Wildman–Crippen MR) is 73.9 cm³/mol. The number of thiazole rings is 1. The van der Waals surface area contributed by atoms with Gasteiger partial charge >= 0.3 is 6.18 Å². The third-order valence-corrected chi connectivity index (χ3v) is 3.90. The summed E-state index contributed by atoms with van der Waals surface area (Å²) >= 11 is 1.44. The van der Waals surface area contributed by atoms with Crippen molar-refractivity contribution in [2.75, 3.05) is 0 Å². The highest BCUT2D eigenvalue weighted by Gasteiger charge is 2.29. The smallest absolute Gasteiger partial charge is 0.370 e. The van der Waals surface area contributed by atoms with Gasteiger partial charge in [-0.1, -0.05) is 12.1 Å². The van der Waals surface area contributed by atoms with Gasteiger partial charge in [0.25, 0.3) is 0 Å². The van der Waals surface area contributed by atoms with Gasteiger partial charge in [-0.2, -0.15) is 13.2 Å². The van der Waals surface area contributed by atoms with Crippen LogP contribution in [0.5, 0.6) is 0 Å². The van der Waals surface area contributed by atoms with Crippen LogP contribution in [-0.4, -0.2) is 10.9 Å². The Labute approximate surface area is 123 Å². The Balaban J connectivity index is 2.00. The van der Waals surface area contributed by atoms with Gasteiger partial charge in [0.1, 0.15) is 0 Å². The number of rotatable bonds is 5. The Bertz CT molecular complexity index is 620. The van der Waals surface area contributed by atoms with Gasteiger partial charge in [-0.25, -0.2) is 4.98 Å². The fourth-order valence-electron chi connectivity index (χ4n) is 1.79. The van der Waals surface area contributed by atoms with Crippen molar-refractivity contribution in [2.45, 2.75) is 25.4 Å². The van der Waals surface area contributed by atoms with Crippen LogP contribution in [-0.2, 0) is 23.8 Å². The minimum Gasteiger partial charge on any atom is -0.370 e. The number of halogens is 3. The lowest BCUT2D eigenvalue weighted by Crippen LogP contribution is -2.10. The summed E-state index contributed by atoms with van der Waals surface area (Å²) in [6.07, 6.45) is -1.38. The maximum absolute atomic E-state index is 12.5. The zero-order valence-corrected chi connectivity index (χ0v) is 11.8. The summed E-state index contributed by atoms with van der Waals surface area (Å²) in [5.41, 5.74) is 5.20. The monoisotopic (exact) mass is 314 g/mol. The second-order valence-electron chi connectivity index (χ2n) is 4.56. The van der Waals surface area contributed by atoms with E-state index in [0.717, 1.165) is 27.6 Å². The fourth-order valence-corrected chi connectivity index (χ4v) is 2.74. The molecule has 7 heteroatoms. The molecule has 2 rings (SSSR count). The van der Waals surface area contributed by atoms with Crippen LogP contribution in [0.25, 0.3) is 0 Å². The van der Waals surface area contributed by atoms with E-state index >= 15 is 0 Å². The molecule has 0 aliphatic rings. The molecule has 0 spiro atoms. The number of hydrogen-bond donors (Lipinski definition) is 1. The van der Waals surface area contributed by atoms with Crippen LogP contribution >= 0.6 is 11.3 Å². The lowest BCUT2D eigenvalue weighted by molar-refractivity contribution is -0.137. The Morgan fingerprint density at radius 2 is 1.90 bits per heavy atom. The average Bonchev–Trinajstić information content (AvgIpc) is 2.83. The number of nitrogens with zero attached hydrogens (tertiary/aromatic N) is 1. The van der Waals surface area contributed by atoms with Gasteiger partial charge in [-0.05, 0) is 17.7 Å². The number of amides is 1. The summed E-state index contributed by atoms with van der Waals surface area (Å²) in [5, 5.41) is 0.802. The summed E-state index contributed by atoms with van der Waals surface area (Å²) in [7, 11) is 0. The zero-order valence-electron chi connectivity index (χ0n) is 11.0. The molecular formula is C14H13F3N2OS. The molecular weight excluding hydrogens is 301 g/mol. The zero-order chi connectivity index (χ0) is 15.5. The average molecular weight is 314 g/mol. The van der Waals surface area contributed by atoms with Gasteiger partial charge in [0.15, 0.2) is 0 Å². The molecule has 0 aliphatic heterocycles. The van der Waals surface area contributed by atoms with E-state index in [9.17, 15) is 18.0 Å². The number of alkyl halides is 3. The molecule has 2 N–H and O–H groups in total. The van der Waals surface area contributed by atoms with E-state index in [2.05, 4.69) is 4.98 Å². The maximum atomic E-state index is 12.5. The highest BCUT2D eigenvalue weighted by Crippen LogP contribution is 2.29. The van der Waals surface area contributed by atoms with Crippen LogP contribution in [0.2, 0.25) is 0 Å². The number of primary amides is 1. The summed E-state index contributed by atoms with van der Waals surface area (Å²) in [6.45, 7) is 0. The van der Waals surface area contributed by atoms with Crippen molar-refractivity contribution >= 4 is 17.2 Å². The Hall–Kier alpha value is -1.89. The van der Waals surface area contributed by atoms with E-state index < -0.39 is 11.7 Å². The van der Waals surface area contributed by atoms with Crippen molar-refractivity contribution in [1.82, 2.24) is 4.98 Å². The first kappa shape index (κ1) is 15.5. The highest BCUT2D eigenvalue weighted by molar-refractivity contribution is 7.11. The molecule has 1 amide bonds. The van der Waals surface area contributed by atoms with Crippen LogP contribution in [0, 0.1) is 0 Å². The second kappa shape index (κ2) is 6.26. The summed E-state index contributed by atoms with van der Waals surface area (Å²) in [6, 6.07) is 5.08. The molecule has 0 aliphatic carbocycles. The molecule has 0 fully saturated rings. The predicted octanol–water partition coefficient (Wildman–Crippen LogP) is 3.17. The first-order valence-electron chi connectivity index (χ1n) is 6.22. The quantitative estimate of drug-likeness (QED) is 0.921. The molecule has 2 aromatic rings. The minimum absolute atomic E-state index is 0.243. The van der Waals surface area contributed by atoms with Gasteiger partial charge in [0, 0.05) is 30.3 Å². The molecule has 1 aromatic carbocycles. The molecule has 0 unspecified atom stereocenters. The lowest BCUT2D eigenvalue weighted by atomic mass is 10.1. The standard InChI is InChI=1S/C14H13F3N2OS/c15-14(16,17)10-3-1-9(2-4-10)7-11-8-19-13(21-11)6-5-12(18)20/h1-4,8H,5-7H2,(H2,18,20). The SMILES string of the molecule is NC(=O)CCc1ncc(Cc2ccc(C(F)(F)F)cc2)s1. The van der Waals surface area contributed by atoms with Gasteiger partial charge in [0.2, 0.25) is 5.91 Å². The molecule has 0 atom stereocenters. The number of carbonyl (C=O) groups excluding carboxylic acids is 1. The van der Waals surface area contributed by atoms with Crippen molar-refractivity contribution in [3.05, 3.63) is 51.5 Å². The molecule has 0 bridgehead atoms. The highest BCUT2D eigenvalue weighted by atomic mass is 32.1. The molecule has 0 radical (unpaired) electrons. The molecule has 0 saturated carbocycles. The molecule has 1 aromatic heterocycles. The number of carbonyl (C=O) groups is 1. The molecule has 21 heavy (non-hydrogen) atoms. The van der Waals surface area contributed by atoms with Crippen molar-refractivity contribution < 1.29 is 18.0 Å². The summed E-state index contributed by atoms with van der Waals surface area (Å²) < 4.78 is 37.4. The fraction of sp³-hybridized carbons (Fsp3) is 0.286. The van der Waals surface area contributed by atoms with Crippen LogP contribution in [0.15, 0.2) is 30.5 Å². The van der Waals surface area contributed by atoms with Crippen molar-refractivity contribution in [3.63, 3.8) is 0 Å². The number of aromatic nitrogens is 1.